The van der Waals surface area contributed by atoms with Gasteiger partial charge >= 0.3 is 0 Å². The van der Waals surface area contributed by atoms with Gasteiger partial charge in [0.15, 0.2) is 0 Å². The Morgan fingerprint density at radius 1 is 0.938 bits per heavy atom. The fourth-order valence-electron chi connectivity index (χ4n) is 1.62. The molecule has 2 rings (SSSR count). The van der Waals surface area contributed by atoms with E-state index < -0.39 is 0 Å². The highest BCUT2D eigenvalue weighted by atomic mass is 35.5. The third-order valence-corrected chi connectivity index (χ3v) is 3.81. The Morgan fingerprint density at radius 3 is 2.12 bits per heavy atom. The van der Waals surface area contributed by atoms with E-state index in [9.17, 15) is 0 Å². The van der Waals surface area contributed by atoms with Gasteiger partial charge in [-0.1, -0.05) is 47.5 Å². The van der Waals surface area contributed by atoms with Gasteiger partial charge in [-0.05, 0) is 24.1 Å². The van der Waals surface area contributed by atoms with Crippen molar-refractivity contribution in [3.63, 3.8) is 0 Å². The number of aryl methyl sites for hydroxylation is 1. The van der Waals surface area contributed by atoms with Crippen LogP contribution >= 0.6 is 34.8 Å². The van der Waals surface area contributed by atoms with Crippen LogP contribution in [0, 0.1) is 6.92 Å². The van der Waals surface area contributed by atoms with Gasteiger partial charge in [0.2, 0.25) is 0 Å². The molecular formula is C13H11Cl3. The Kier molecular flexibility index (Phi) is 3.63. The van der Waals surface area contributed by atoms with Crippen LogP contribution in [-0.2, 0) is 0 Å². The first kappa shape index (κ1) is 12.0. The molecule has 0 aromatic heterocycles. The Morgan fingerprint density at radius 2 is 1.50 bits per heavy atom. The van der Waals surface area contributed by atoms with Gasteiger partial charge in [0.1, 0.15) is 0 Å². The predicted molar refractivity (Wildman–Crippen MR) is 72.4 cm³/mol. The first-order valence-electron chi connectivity index (χ1n) is 5.02. The van der Waals surface area contributed by atoms with Gasteiger partial charge in [0.25, 0.3) is 0 Å². The van der Waals surface area contributed by atoms with Crippen LogP contribution in [0.3, 0.4) is 0 Å². The summed E-state index contributed by atoms with van der Waals surface area (Å²) < 4.78 is 0. The van der Waals surface area contributed by atoms with Crippen molar-refractivity contribution >= 4 is 40.4 Å². The zero-order chi connectivity index (χ0) is 11.7. The second kappa shape index (κ2) is 4.83. The Hall–Kier alpha value is -0.430. The van der Waals surface area contributed by atoms with Gasteiger partial charge in [-0.15, -0.1) is 23.2 Å². The molecule has 16 heavy (non-hydrogen) atoms. The topological polar surface area (TPSA) is 0 Å². The molecule has 0 amide bonds. The second-order valence-corrected chi connectivity index (χ2v) is 5.26. The Balaban J connectivity index is 2.38. The van der Waals surface area contributed by atoms with Crippen molar-refractivity contribution in [1.29, 1.82) is 0 Å². The molecule has 0 N–H and O–H groups in total. The number of alkyl halides is 2. The second-order valence-electron chi connectivity index (χ2n) is 3.85. The van der Waals surface area contributed by atoms with Crippen LogP contribution in [0.2, 0.25) is 0 Å². The van der Waals surface area contributed by atoms with E-state index >= 15 is 0 Å². The molecule has 1 aliphatic rings. The summed E-state index contributed by atoms with van der Waals surface area (Å²) in [7, 11) is 0. The van der Waals surface area contributed by atoms with E-state index in [-0.39, 0.29) is 10.8 Å². The summed E-state index contributed by atoms with van der Waals surface area (Å²) in [5, 5.41) is 0.226. The number of hydrogen-bond acceptors (Lipinski definition) is 0. The van der Waals surface area contributed by atoms with Crippen molar-refractivity contribution in [1.82, 2.24) is 0 Å². The van der Waals surface area contributed by atoms with E-state index in [1.807, 2.05) is 18.2 Å². The molecule has 1 aromatic carbocycles. The maximum Gasteiger partial charge on any atom is 0.0732 e. The van der Waals surface area contributed by atoms with Gasteiger partial charge < -0.3 is 0 Å². The predicted octanol–water partition coefficient (Wildman–Crippen LogP) is 4.73. The van der Waals surface area contributed by atoms with Crippen LogP contribution in [-0.4, -0.2) is 10.8 Å². The minimum absolute atomic E-state index is 0.208. The van der Waals surface area contributed by atoms with E-state index in [1.165, 1.54) is 5.56 Å². The molecule has 2 atom stereocenters. The van der Waals surface area contributed by atoms with Crippen LogP contribution in [0.5, 0.6) is 0 Å². The number of halogens is 3. The molecule has 84 valence electrons. The van der Waals surface area contributed by atoms with Gasteiger partial charge in [-0.2, -0.15) is 0 Å². The van der Waals surface area contributed by atoms with Gasteiger partial charge in [0.05, 0.1) is 10.8 Å². The lowest BCUT2D eigenvalue weighted by Gasteiger charge is -2.19. The highest BCUT2D eigenvalue weighted by molar-refractivity contribution is 6.40. The number of benzene rings is 1. The molecule has 0 heterocycles. The van der Waals surface area contributed by atoms with Crippen LogP contribution in [0.25, 0.3) is 5.57 Å². The molecule has 0 nitrogen and oxygen atoms in total. The van der Waals surface area contributed by atoms with Crippen LogP contribution < -0.4 is 0 Å². The summed E-state index contributed by atoms with van der Waals surface area (Å²) in [6.07, 6.45) is 3.70. The third-order valence-electron chi connectivity index (χ3n) is 2.56. The van der Waals surface area contributed by atoms with E-state index in [0.717, 1.165) is 11.1 Å². The summed E-state index contributed by atoms with van der Waals surface area (Å²) in [6, 6.07) is 8.18. The largest absolute Gasteiger partial charge is 0.116 e. The smallest absolute Gasteiger partial charge is 0.0732 e. The SMILES string of the molecule is Cc1ccc(C2=CC(Cl)C(Cl)C=C2Cl)cc1. The van der Waals surface area contributed by atoms with Crippen molar-refractivity contribution in [3.05, 3.63) is 52.6 Å². The summed E-state index contributed by atoms with van der Waals surface area (Å²) in [5.74, 6) is 0. The molecular weight excluding hydrogens is 263 g/mol. The average molecular weight is 274 g/mol. The lowest BCUT2D eigenvalue weighted by Crippen LogP contribution is -2.14. The van der Waals surface area contributed by atoms with Crippen molar-refractivity contribution in [2.45, 2.75) is 17.7 Å². The zero-order valence-electron chi connectivity index (χ0n) is 8.75. The molecule has 3 heteroatoms. The van der Waals surface area contributed by atoms with Crippen molar-refractivity contribution in [2.75, 3.05) is 0 Å². The number of allylic oxidation sites excluding steroid dienone is 4. The summed E-state index contributed by atoms with van der Waals surface area (Å²) in [6.45, 7) is 2.05. The monoisotopic (exact) mass is 272 g/mol. The molecule has 1 aromatic rings. The molecule has 0 aliphatic heterocycles. The maximum absolute atomic E-state index is 6.17. The number of hydrogen-bond donors (Lipinski definition) is 0. The molecule has 0 spiro atoms. The lowest BCUT2D eigenvalue weighted by molar-refractivity contribution is 1.05. The molecule has 0 bridgehead atoms. The fraction of sp³-hybridized carbons (Fsp3) is 0.231. The van der Waals surface area contributed by atoms with Crippen molar-refractivity contribution in [2.24, 2.45) is 0 Å². The average Bonchev–Trinajstić information content (AvgIpc) is 2.25. The normalized spacial score (nSPS) is 25.0. The molecule has 1 aliphatic carbocycles. The van der Waals surface area contributed by atoms with E-state index in [1.54, 1.807) is 6.08 Å². The zero-order valence-corrected chi connectivity index (χ0v) is 11.0. The van der Waals surface area contributed by atoms with Crippen molar-refractivity contribution in [3.8, 4) is 0 Å². The standard InChI is InChI=1S/C13H11Cl3/c1-8-2-4-9(5-3-8)10-6-12(15)13(16)7-11(10)14/h2-7,12-13H,1H3. The Bertz CT molecular complexity index is 443. The van der Waals surface area contributed by atoms with Gasteiger partial charge in [0, 0.05) is 5.03 Å². The van der Waals surface area contributed by atoms with Crippen LogP contribution in [0.15, 0.2) is 41.4 Å². The molecule has 0 saturated carbocycles. The molecule has 2 unspecified atom stereocenters. The minimum Gasteiger partial charge on any atom is -0.116 e. The maximum atomic E-state index is 6.17. The Labute approximate surface area is 111 Å². The minimum atomic E-state index is -0.233. The molecule has 0 saturated heterocycles. The first-order valence-corrected chi connectivity index (χ1v) is 6.27. The quantitative estimate of drug-likeness (QED) is 0.649. The summed E-state index contributed by atoms with van der Waals surface area (Å²) in [5.41, 5.74) is 3.25. The van der Waals surface area contributed by atoms with Crippen molar-refractivity contribution < 1.29 is 0 Å². The summed E-state index contributed by atoms with van der Waals surface area (Å²) in [4.78, 5) is 0. The third kappa shape index (κ3) is 2.45. The fourth-order valence-corrected chi connectivity index (χ4v) is 2.39. The van der Waals surface area contributed by atoms with Gasteiger partial charge in [-0.3, -0.25) is 0 Å². The van der Waals surface area contributed by atoms with Gasteiger partial charge in [-0.25, -0.2) is 0 Å². The number of rotatable bonds is 1. The first-order chi connectivity index (χ1) is 7.58. The highest BCUT2D eigenvalue weighted by Crippen LogP contribution is 2.34. The molecule has 0 fully saturated rings. The van der Waals surface area contributed by atoms with Crippen LogP contribution in [0.4, 0.5) is 0 Å². The van der Waals surface area contributed by atoms with E-state index in [4.69, 9.17) is 34.8 Å². The highest BCUT2D eigenvalue weighted by Gasteiger charge is 2.21. The van der Waals surface area contributed by atoms with Crippen LogP contribution in [0.1, 0.15) is 11.1 Å². The summed E-state index contributed by atoms with van der Waals surface area (Å²) >= 11 is 18.3. The van der Waals surface area contributed by atoms with E-state index in [0.29, 0.717) is 5.03 Å². The molecule has 0 radical (unpaired) electrons. The lowest BCUT2D eigenvalue weighted by atomic mass is 9.98. The van der Waals surface area contributed by atoms with E-state index in [2.05, 4.69) is 19.1 Å².